The summed E-state index contributed by atoms with van der Waals surface area (Å²) in [6, 6.07) is 24.4. The van der Waals surface area contributed by atoms with Gasteiger partial charge in [-0.1, -0.05) is 60.7 Å². The first-order valence-corrected chi connectivity index (χ1v) is 11.0. The lowest BCUT2D eigenvalue weighted by molar-refractivity contribution is 0.297. The predicted molar refractivity (Wildman–Crippen MR) is 126 cm³/mol. The van der Waals surface area contributed by atoms with E-state index in [-0.39, 0.29) is 0 Å². The van der Waals surface area contributed by atoms with Crippen LogP contribution < -0.4 is 14.9 Å². The minimum Gasteiger partial charge on any atom is -0.490 e. The van der Waals surface area contributed by atoms with E-state index in [1.54, 1.807) is 6.21 Å². The highest BCUT2D eigenvalue weighted by atomic mass is 32.1. The average molecular weight is 428 g/mol. The van der Waals surface area contributed by atoms with Crippen molar-refractivity contribution < 1.29 is 9.47 Å². The molecule has 6 heteroatoms. The molecule has 0 fully saturated rings. The molecule has 0 radical (unpaired) electrons. The van der Waals surface area contributed by atoms with Gasteiger partial charge in [0.05, 0.1) is 25.1 Å². The van der Waals surface area contributed by atoms with Gasteiger partial charge in [-0.2, -0.15) is 5.10 Å². The number of hydrogen-bond donors (Lipinski definition) is 1. The SMILES string of the molecule is C(=NNc1nc(-c2ccccc2)cs1)c1ccc(-c2ccc3c(c2)OCCCO3)cc1. The number of fused-ring (bicyclic) bond motifs is 1. The molecule has 31 heavy (non-hydrogen) atoms. The molecule has 0 bridgehead atoms. The second kappa shape index (κ2) is 9.02. The third-order valence-corrected chi connectivity index (χ3v) is 5.69. The molecule has 0 saturated heterocycles. The minimum atomic E-state index is 0.685. The van der Waals surface area contributed by atoms with Crippen LogP contribution in [-0.4, -0.2) is 24.4 Å². The Labute approximate surface area is 185 Å². The van der Waals surface area contributed by atoms with Crippen LogP contribution in [0.2, 0.25) is 0 Å². The van der Waals surface area contributed by atoms with Gasteiger partial charge in [0.25, 0.3) is 0 Å². The van der Waals surface area contributed by atoms with E-state index in [1.807, 2.05) is 60.0 Å². The fourth-order valence-electron chi connectivity index (χ4n) is 3.33. The molecule has 0 aliphatic carbocycles. The first-order valence-electron chi connectivity index (χ1n) is 10.2. The van der Waals surface area contributed by atoms with E-state index in [4.69, 9.17) is 9.47 Å². The van der Waals surface area contributed by atoms with Gasteiger partial charge >= 0.3 is 0 Å². The second-order valence-corrected chi connectivity index (χ2v) is 7.97. The molecule has 0 amide bonds. The molecule has 0 saturated carbocycles. The zero-order chi connectivity index (χ0) is 20.9. The molecule has 0 spiro atoms. The maximum Gasteiger partial charge on any atom is 0.203 e. The van der Waals surface area contributed by atoms with Gasteiger partial charge in [-0.15, -0.1) is 11.3 Å². The van der Waals surface area contributed by atoms with Crippen molar-refractivity contribution in [2.24, 2.45) is 5.10 Å². The number of thiazole rings is 1. The maximum absolute atomic E-state index is 5.80. The lowest BCUT2D eigenvalue weighted by Crippen LogP contribution is -1.97. The third kappa shape index (κ3) is 4.59. The van der Waals surface area contributed by atoms with Crippen molar-refractivity contribution in [1.82, 2.24) is 4.98 Å². The Morgan fingerprint density at radius 1 is 0.839 bits per heavy atom. The molecule has 4 aromatic rings. The van der Waals surface area contributed by atoms with E-state index < -0.39 is 0 Å². The predicted octanol–water partition coefficient (Wildman–Crippen LogP) is 6.08. The highest BCUT2D eigenvalue weighted by Crippen LogP contribution is 2.34. The van der Waals surface area contributed by atoms with Gasteiger partial charge in [0.2, 0.25) is 5.13 Å². The largest absolute Gasteiger partial charge is 0.490 e. The standard InChI is InChI=1S/C25H21N3O2S/c1-2-5-20(6-3-1)22-17-31-25(27-22)28-26-16-18-7-9-19(10-8-18)21-11-12-23-24(15-21)30-14-4-13-29-23/h1-3,5-12,15-17H,4,13-14H2,(H,27,28). The molecule has 1 aliphatic heterocycles. The van der Waals surface area contributed by atoms with Crippen LogP contribution >= 0.6 is 11.3 Å². The van der Waals surface area contributed by atoms with Crippen LogP contribution in [0.15, 0.2) is 83.3 Å². The topological polar surface area (TPSA) is 55.7 Å². The van der Waals surface area contributed by atoms with Crippen LogP contribution in [0, 0.1) is 0 Å². The first kappa shape index (κ1) is 19.3. The molecule has 1 aromatic heterocycles. The van der Waals surface area contributed by atoms with Gasteiger partial charge in [-0.05, 0) is 28.8 Å². The Morgan fingerprint density at radius 3 is 2.45 bits per heavy atom. The van der Waals surface area contributed by atoms with Crippen LogP contribution in [0.3, 0.4) is 0 Å². The van der Waals surface area contributed by atoms with Gasteiger partial charge in [-0.3, -0.25) is 5.43 Å². The van der Waals surface area contributed by atoms with Crippen LogP contribution in [0.4, 0.5) is 5.13 Å². The molecule has 5 nitrogen and oxygen atoms in total. The number of anilines is 1. The lowest BCUT2D eigenvalue weighted by Gasteiger charge is -2.09. The molecule has 0 atom stereocenters. The van der Waals surface area contributed by atoms with Crippen molar-refractivity contribution in [2.75, 3.05) is 18.6 Å². The molecular weight excluding hydrogens is 406 g/mol. The van der Waals surface area contributed by atoms with Gasteiger partial charge in [0.1, 0.15) is 0 Å². The van der Waals surface area contributed by atoms with Crippen LogP contribution in [-0.2, 0) is 0 Å². The van der Waals surface area contributed by atoms with Crippen molar-refractivity contribution >= 4 is 22.7 Å². The van der Waals surface area contributed by atoms with Crippen molar-refractivity contribution in [3.05, 3.63) is 83.7 Å². The number of benzene rings is 3. The number of aromatic nitrogens is 1. The zero-order valence-corrected chi connectivity index (χ0v) is 17.6. The smallest absolute Gasteiger partial charge is 0.203 e. The highest BCUT2D eigenvalue weighted by Gasteiger charge is 2.11. The van der Waals surface area contributed by atoms with E-state index in [9.17, 15) is 0 Å². The number of hydrogen-bond acceptors (Lipinski definition) is 6. The monoisotopic (exact) mass is 427 g/mol. The molecule has 5 rings (SSSR count). The zero-order valence-electron chi connectivity index (χ0n) is 16.8. The second-order valence-electron chi connectivity index (χ2n) is 7.11. The summed E-state index contributed by atoms with van der Waals surface area (Å²) in [7, 11) is 0. The summed E-state index contributed by atoms with van der Waals surface area (Å²) in [4.78, 5) is 4.58. The Hall–Kier alpha value is -3.64. The first-order chi connectivity index (χ1) is 15.3. The number of nitrogens with zero attached hydrogens (tertiary/aromatic N) is 2. The van der Waals surface area contributed by atoms with Crippen molar-refractivity contribution in [3.8, 4) is 33.9 Å². The highest BCUT2D eigenvalue weighted by molar-refractivity contribution is 7.14. The quantitative estimate of drug-likeness (QED) is 0.310. The average Bonchev–Trinajstić information content (AvgIpc) is 3.17. The summed E-state index contributed by atoms with van der Waals surface area (Å²) >= 11 is 1.53. The normalized spacial score (nSPS) is 13.2. The van der Waals surface area contributed by atoms with E-state index >= 15 is 0 Å². The maximum atomic E-state index is 5.80. The van der Waals surface area contributed by atoms with E-state index in [2.05, 4.69) is 33.7 Å². The fraction of sp³-hybridized carbons (Fsp3) is 0.120. The molecule has 154 valence electrons. The van der Waals surface area contributed by atoms with Crippen molar-refractivity contribution in [3.63, 3.8) is 0 Å². The molecule has 3 aromatic carbocycles. The van der Waals surface area contributed by atoms with Gasteiger partial charge in [0.15, 0.2) is 11.5 Å². The van der Waals surface area contributed by atoms with Crippen LogP contribution in [0.25, 0.3) is 22.4 Å². The van der Waals surface area contributed by atoms with Crippen molar-refractivity contribution in [1.29, 1.82) is 0 Å². The van der Waals surface area contributed by atoms with Crippen LogP contribution in [0.5, 0.6) is 11.5 Å². The molecule has 1 aliphatic rings. The summed E-state index contributed by atoms with van der Waals surface area (Å²) in [5, 5.41) is 7.11. The Bertz CT molecular complexity index is 1190. The van der Waals surface area contributed by atoms with E-state index in [0.717, 1.165) is 51.0 Å². The van der Waals surface area contributed by atoms with Gasteiger partial charge in [-0.25, -0.2) is 4.98 Å². The Balaban J connectivity index is 1.24. The van der Waals surface area contributed by atoms with Gasteiger partial charge in [0, 0.05) is 17.4 Å². The molecule has 0 unspecified atom stereocenters. The van der Waals surface area contributed by atoms with Crippen LogP contribution in [0.1, 0.15) is 12.0 Å². The molecule has 1 N–H and O–H groups in total. The minimum absolute atomic E-state index is 0.685. The lowest BCUT2D eigenvalue weighted by atomic mass is 10.0. The summed E-state index contributed by atoms with van der Waals surface area (Å²) in [6.07, 6.45) is 2.70. The number of ether oxygens (including phenoxy) is 2. The molecular formula is C25H21N3O2S. The van der Waals surface area contributed by atoms with Gasteiger partial charge < -0.3 is 9.47 Å². The van der Waals surface area contributed by atoms with E-state index in [1.165, 1.54) is 11.3 Å². The van der Waals surface area contributed by atoms with Crippen molar-refractivity contribution in [2.45, 2.75) is 6.42 Å². The molecule has 2 heterocycles. The fourth-order valence-corrected chi connectivity index (χ4v) is 4.00. The summed E-state index contributed by atoms with van der Waals surface area (Å²) in [6.45, 7) is 1.38. The Kier molecular flexibility index (Phi) is 5.62. The number of hydrazone groups is 1. The Morgan fingerprint density at radius 2 is 1.61 bits per heavy atom. The summed E-state index contributed by atoms with van der Waals surface area (Å²) in [5.74, 6) is 1.62. The third-order valence-electron chi connectivity index (χ3n) is 4.94. The summed E-state index contributed by atoms with van der Waals surface area (Å²) in [5.41, 5.74) is 8.28. The van der Waals surface area contributed by atoms with E-state index in [0.29, 0.717) is 13.2 Å². The summed E-state index contributed by atoms with van der Waals surface area (Å²) < 4.78 is 11.5. The number of nitrogens with one attached hydrogen (secondary N) is 1. The number of rotatable bonds is 5.